The molecule has 0 spiro atoms. The molecule has 0 saturated carbocycles. The molecule has 0 aliphatic carbocycles. The summed E-state index contributed by atoms with van der Waals surface area (Å²) in [5.41, 5.74) is 0. The zero-order valence-corrected chi connectivity index (χ0v) is 10.7. The Morgan fingerprint density at radius 2 is 2.12 bits per heavy atom. The van der Waals surface area contributed by atoms with Gasteiger partial charge in [0.05, 0.1) is 25.7 Å². The Labute approximate surface area is 103 Å². The lowest BCUT2D eigenvalue weighted by Gasteiger charge is -2.17. The van der Waals surface area contributed by atoms with Crippen molar-refractivity contribution in [1.29, 1.82) is 0 Å². The molecule has 5 nitrogen and oxygen atoms in total. The van der Waals surface area contributed by atoms with Crippen molar-refractivity contribution in [2.24, 2.45) is 5.92 Å². The van der Waals surface area contributed by atoms with Crippen molar-refractivity contribution >= 4 is 5.97 Å². The van der Waals surface area contributed by atoms with Gasteiger partial charge in [-0.25, -0.2) is 0 Å². The van der Waals surface area contributed by atoms with Crippen LogP contribution in [0.2, 0.25) is 0 Å². The van der Waals surface area contributed by atoms with Crippen LogP contribution < -0.4 is 5.32 Å². The van der Waals surface area contributed by atoms with Crippen LogP contribution in [0, 0.1) is 5.92 Å². The van der Waals surface area contributed by atoms with Gasteiger partial charge in [0.2, 0.25) is 0 Å². The van der Waals surface area contributed by atoms with Crippen molar-refractivity contribution in [3.63, 3.8) is 0 Å². The number of hydrogen-bond donors (Lipinski definition) is 1. The molecule has 100 valence electrons. The molecule has 1 saturated heterocycles. The highest BCUT2D eigenvalue weighted by atomic mass is 16.6. The number of esters is 1. The second-order valence-corrected chi connectivity index (χ2v) is 4.26. The SMILES string of the molecule is COCCOCCOC(=O)C(C)C1CCCN1. The maximum Gasteiger partial charge on any atom is 0.310 e. The molecule has 1 fully saturated rings. The topological polar surface area (TPSA) is 56.8 Å². The minimum atomic E-state index is -0.139. The Bertz CT molecular complexity index is 217. The second kappa shape index (κ2) is 8.44. The monoisotopic (exact) mass is 245 g/mol. The van der Waals surface area contributed by atoms with Crippen LogP contribution in [0.5, 0.6) is 0 Å². The largest absolute Gasteiger partial charge is 0.463 e. The van der Waals surface area contributed by atoms with Gasteiger partial charge in [0.25, 0.3) is 0 Å². The predicted molar refractivity (Wildman–Crippen MR) is 63.8 cm³/mol. The maximum atomic E-state index is 11.7. The molecule has 0 aromatic rings. The molecule has 5 heteroatoms. The Balaban J connectivity index is 2.03. The van der Waals surface area contributed by atoms with Crippen LogP contribution in [0.1, 0.15) is 19.8 Å². The van der Waals surface area contributed by atoms with Gasteiger partial charge in [0.15, 0.2) is 0 Å². The van der Waals surface area contributed by atoms with Crippen molar-refractivity contribution in [3.8, 4) is 0 Å². The van der Waals surface area contributed by atoms with E-state index in [0.29, 0.717) is 26.4 Å². The highest BCUT2D eigenvalue weighted by Gasteiger charge is 2.27. The van der Waals surface area contributed by atoms with Crippen LogP contribution in [0.3, 0.4) is 0 Å². The lowest BCUT2D eigenvalue weighted by molar-refractivity contribution is -0.150. The molecule has 0 bridgehead atoms. The quantitative estimate of drug-likeness (QED) is 0.501. The van der Waals surface area contributed by atoms with E-state index < -0.39 is 0 Å². The zero-order chi connectivity index (χ0) is 12.5. The smallest absolute Gasteiger partial charge is 0.310 e. The molecule has 1 heterocycles. The van der Waals surface area contributed by atoms with Gasteiger partial charge in [-0.3, -0.25) is 4.79 Å². The van der Waals surface area contributed by atoms with Gasteiger partial charge in [-0.15, -0.1) is 0 Å². The van der Waals surface area contributed by atoms with Crippen LogP contribution in [-0.4, -0.2) is 52.1 Å². The summed E-state index contributed by atoms with van der Waals surface area (Å²) >= 11 is 0. The van der Waals surface area contributed by atoms with Crippen molar-refractivity contribution < 1.29 is 19.0 Å². The van der Waals surface area contributed by atoms with Gasteiger partial charge in [-0.1, -0.05) is 6.92 Å². The Morgan fingerprint density at radius 3 is 2.76 bits per heavy atom. The van der Waals surface area contributed by atoms with Crippen LogP contribution in [-0.2, 0) is 19.0 Å². The number of hydrogen-bond acceptors (Lipinski definition) is 5. The molecular weight excluding hydrogens is 222 g/mol. The van der Waals surface area contributed by atoms with Crippen LogP contribution in [0.15, 0.2) is 0 Å². The average molecular weight is 245 g/mol. The van der Waals surface area contributed by atoms with Gasteiger partial charge in [0.1, 0.15) is 6.61 Å². The fourth-order valence-electron chi connectivity index (χ4n) is 1.88. The van der Waals surface area contributed by atoms with Crippen molar-refractivity contribution in [2.45, 2.75) is 25.8 Å². The van der Waals surface area contributed by atoms with Crippen molar-refractivity contribution in [3.05, 3.63) is 0 Å². The molecule has 1 rings (SSSR count). The minimum absolute atomic E-state index is 0.0727. The van der Waals surface area contributed by atoms with Crippen LogP contribution in [0.4, 0.5) is 0 Å². The van der Waals surface area contributed by atoms with Gasteiger partial charge in [0, 0.05) is 13.2 Å². The summed E-state index contributed by atoms with van der Waals surface area (Å²) < 4.78 is 15.2. The average Bonchev–Trinajstić information content (AvgIpc) is 2.86. The van der Waals surface area contributed by atoms with E-state index in [2.05, 4.69) is 5.32 Å². The molecule has 0 radical (unpaired) electrons. The fraction of sp³-hybridized carbons (Fsp3) is 0.917. The van der Waals surface area contributed by atoms with E-state index in [1.807, 2.05) is 6.92 Å². The third kappa shape index (κ3) is 5.48. The summed E-state index contributed by atoms with van der Waals surface area (Å²) in [4.78, 5) is 11.7. The van der Waals surface area contributed by atoms with Crippen LogP contribution >= 0.6 is 0 Å². The molecule has 0 aromatic heterocycles. The number of ether oxygens (including phenoxy) is 3. The molecule has 1 N–H and O–H groups in total. The molecular formula is C12H23NO4. The molecule has 17 heavy (non-hydrogen) atoms. The van der Waals surface area contributed by atoms with Crippen molar-refractivity contribution in [2.75, 3.05) is 40.1 Å². The third-order valence-corrected chi connectivity index (χ3v) is 2.98. The summed E-state index contributed by atoms with van der Waals surface area (Å²) in [6.07, 6.45) is 2.20. The lowest BCUT2D eigenvalue weighted by atomic mass is 10.0. The third-order valence-electron chi connectivity index (χ3n) is 2.98. The van der Waals surface area contributed by atoms with E-state index in [1.54, 1.807) is 7.11 Å². The summed E-state index contributed by atoms with van der Waals surface area (Å²) in [5, 5.41) is 3.31. The first-order valence-corrected chi connectivity index (χ1v) is 6.22. The van der Waals surface area contributed by atoms with E-state index in [0.717, 1.165) is 19.4 Å². The first-order valence-electron chi connectivity index (χ1n) is 6.22. The first-order chi connectivity index (χ1) is 8.25. The van der Waals surface area contributed by atoms with Gasteiger partial charge in [-0.2, -0.15) is 0 Å². The van der Waals surface area contributed by atoms with E-state index in [1.165, 1.54) is 0 Å². The first kappa shape index (κ1) is 14.4. The number of nitrogens with one attached hydrogen (secondary N) is 1. The van der Waals surface area contributed by atoms with Crippen LogP contribution in [0.25, 0.3) is 0 Å². The maximum absolute atomic E-state index is 11.7. The number of rotatable bonds is 8. The normalized spacial score (nSPS) is 21.4. The lowest BCUT2D eigenvalue weighted by Crippen LogP contribution is -2.35. The fourth-order valence-corrected chi connectivity index (χ4v) is 1.88. The highest BCUT2D eigenvalue weighted by molar-refractivity contribution is 5.72. The Kier molecular flexibility index (Phi) is 7.16. The molecule has 2 unspecified atom stereocenters. The molecule has 0 aromatic carbocycles. The van der Waals surface area contributed by atoms with E-state index in [-0.39, 0.29) is 17.9 Å². The Hall–Kier alpha value is -0.650. The number of carbonyl (C=O) groups is 1. The highest BCUT2D eigenvalue weighted by Crippen LogP contribution is 2.15. The number of methoxy groups -OCH3 is 1. The molecule has 1 aliphatic rings. The summed E-state index contributed by atoms with van der Waals surface area (Å²) in [5.74, 6) is -0.212. The zero-order valence-electron chi connectivity index (χ0n) is 10.7. The van der Waals surface area contributed by atoms with Gasteiger partial charge in [-0.05, 0) is 19.4 Å². The molecule has 1 aliphatic heterocycles. The Morgan fingerprint density at radius 1 is 1.35 bits per heavy atom. The van der Waals surface area contributed by atoms with Gasteiger partial charge < -0.3 is 19.5 Å². The van der Waals surface area contributed by atoms with Gasteiger partial charge >= 0.3 is 5.97 Å². The van der Waals surface area contributed by atoms with E-state index in [9.17, 15) is 4.79 Å². The molecule has 2 atom stereocenters. The summed E-state index contributed by atoms with van der Waals surface area (Å²) in [6.45, 7) is 4.77. The molecule has 0 amide bonds. The predicted octanol–water partition coefficient (Wildman–Crippen LogP) is 0.581. The van der Waals surface area contributed by atoms with E-state index >= 15 is 0 Å². The van der Waals surface area contributed by atoms with Crippen molar-refractivity contribution in [1.82, 2.24) is 5.32 Å². The minimum Gasteiger partial charge on any atom is -0.463 e. The van der Waals surface area contributed by atoms with E-state index in [4.69, 9.17) is 14.2 Å². The summed E-state index contributed by atoms with van der Waals surface area (Å²) in [7, 11) is 1.62. The summed E-state index contributed by atoms with van der Waals surface area (Å²) in [6, 6.07) is 0.275. The number of carbonyl (C=O) groups excluding carboxylic acids is 1. The second-order valence-electron chi connectivity index (χ2n) is 4.26. The standard InChI is InChI=1S/C12H23NO4/c1-10(11-4-3-5-13-11)12(14)17-9-8-16-7-6-15-2/h10-11,13H,3-9H2,1-2H3.